The van der Waals surface area contributed by atoms with Crippen LogP contribution in [0.2, 0.25) is 0 Å². The molecule has 1 saturated heterocycles. The normalized spacial score (nSPS) is 20.0. The minimum atomic E-state index is -0.928. The molecule has 9 nitrogen and oxygen atoms in total. The summed E-state index contributed by atoms with van der Waals surface area (Å²) in [6.45, 7) is 8.21. The molecule has 1 aromatic carbocycles. The van der Waals surface area contributed by atoms with Crippen LogP contribution in [0.1, 0.15) is 50.2 Å². The monoisotopic (exact) mass is 512 g/mol. The first kappa shape index (κ1) is 27.7. The van der Waals surface area contributed by atoms with Crippen LogP contribution in [0.15, 0.2) is 48.9 Å². The molecule has 36 heavy (non-hydrogen) atoms. The summed E-state index contributed by atoms with van der Waals surface area (Å²) >= 11 is 1.49. The number of hydrogen-bond donors (Lipinski definition) is 2. The van der Waals surface area contributed by atoms with Crippen LogP contribution in [0.25, 0.3) is 0 Å². The van der Waals surface area contributed by atoms with Crippen LogP contribution in [0, 0.1) is 5.92 Å². The summed E-state index contributed by atoms with van der Waals surface area (Å²) in [5.74, 6) is -1.69. The quantitative estimate of drug-likeness (QED) is 0.492. The van der Waals surface area contributed by atoms with Gasteiger partial charge in [-0.3, -0.25) is 19.4 Å². The topological polar surface area (TPSA) is 120 Å². The van der Waals surface area contributed by atoms with Crippen LogP contribution in [-0.2, 0) is 25.3 Å². The van der Waals surface area contributed by atoms with Crippen molar-refractivity contribution in [3.63, 3.8) is 0 Å². The Morgan fingerprint density at radius 2 is 1.92 bits per heavy atom. The summed E-state index contributed by atoms with van der Waals surface area (Å²) < 4.78 is 11.6. The largest absolute Gasteiger partial charge is 0.551 e. The molecule has 0 saturated carbocycles. The summed E-state index contributed by atoms with van der Waals surface area (Å²) in [7, 11) is -0.928. The molecule has 2 N–H and O–H groups in total. The smallest absolute Gasteiger partial charge is 0.507 e. The number of thioether (sulfide) groups is 1. The first-order valence-corrected chi connectivity index (χ1v) is 13.1. The zero-order valence-corrected chi connectivity index (χ0v) is 21.9. The van der Waals surface area contributed by atoms with Crippen LogP contribution in [0.5, 0.6) is 0 Å². The molecule has 2 aromatic rings. The van der Waals surface area contributed by atoms with Crippen molar-refractivity contribution in [2.75, 3.05) is 6.61 Å². The van der Waals surface area contributed by atoms with Gasteiger partial charge in [0.1, 0.15) is 11.7 Å². The molecule has 1 aliphatic heterocycles. The van der Waals surface area contributed by atoms with Gasteiger partial charge in [0, 0.05) is 30.7 Å². The maximum atomic E-state index is 13.6. The van der Waals surface area contributed by atoms with Gasteiger partial charge in [0.2, 0.25) is 5.91 Å². The van der Waals surface area contributed by atoms with Crippen LogP contribution in [-0.4, -0.2) is 64.0 Å². The van der Waals surface area contributed by atoms with Crippen molar-refractivity contribution in [3.05, 3.63) is 60.2 Å². The summed E-state index contributed by atoms with van der Waals surface area (Å²) in [4.78, 5) is 46.9. The van der Waals surface area contributed by atoms with Crippen molar-refractivity contribution in [1.82, 2.24) is 20.6 Å². The summed E-state index contributed by atoms with van der Waals surface area (Å²) in [5.41, 5.74) is 0.991. The maximum Gasteiger partial charge on any atom is 0.551 e. The molecule has 1 aromatic heterocycles. The van der Waals surface area contributed by atoms with Crippen molar-refractivity contribution in [3.8, 4) is 0 Å². The SMILES string of the molecule is CC(C)C[C@H](NC(=O)[C@H](Cc1ccccc1)NC(=O)c1cnccn1)B1OC[C@@H](C)S[C@H](C)C(=O)O1. The average Bonchev–Trinajstić information content (AvgIpc) is 2.85. The number of carbonyl (C=O) groups is 3. The lowest BCUT2D eigenvalue weighted by Crippen LogP contribution is -2.57. The number of rotatable bonds is 9. The van der Waals surface area contributed by atoms with E-state index in [2.05, 4.69) is 20.6 Å². The van der Waals surface area contributed by atoms with E-state index in [4.69, 9.17) is 9.31 Å². The molecule has 0 unspecified atom stereocenters. The van der Waals surface area contributed by atoms with E-state index in [9.17, 15) is 14.4 Å². The molecule has 0 spiro atoms. The highest BCUT2D eigenvalue weighted by Crippen LogP contribution is 2.23. The minimum Gasteiger partial charge on any atom is -0.507 e. The van der Waals surface area contributed by atoms with Gasteiger partial charge >= 0.3 is 13.1 Å². The Labute approximate surface area is 216 Å². The van der Waals surface area contributed by atoms with Gasteiger partial charge in [0.25, 0.3) is 5.91 Å². The second kappa shape index (κ2) is 13.4. The van der Waals surface area contributed by atoms with E-state index in [1.165, 1.54) is 30.4 Å². The molecule has 1 aliphatic rings. The number of aromatic nitrogens is 2. The lowest BCUT2D eigenvalue weighted by atomic mass is 9.73. The van der Waals surface area contributed by atoms with E-state index in [1.54, 1.807) is 6.92 Å². The molecule has 1 fully saturated rings. The van der Waals surface area contributed by atoms with E-state index >= 15 is 0 Å². The van der Waals surface area contributed by atoms with Gasteiger partial charge in [-0.05, 0) is 24.8 Å². The number of nitrogens with zero attached hydrogens (tertiary/aromatic N) is 2. The molecule has 0 radical (unpaired) electrons. The van der Waals surface area contributed by atoms with Gasteiger partial charge in [-0.15, -0.1) is 11.8 Å². The second-order valence-corrected chi connectivity index (χ2v) is 11.1. The Hall–Kier alpha value is -2.92. The Morgan fingerprint density at radius 1 is 1.17 bits per heavy atom. The Balaban J connectivity index is 1.81. The zero-order valence-electron chi connectivity index (χ0n) is 21.0. The fourth-order valence-electron chi connectivity index (χ4n) is 3.85. The van der Waals surface area contributed by atoms with Crippen molar-refractivity contribution >= 4 is 36.7 Å². The van der Waals surface area contributed by atoms with Crippen LogP contribution in [0.4, 0.5) is 0 Å². The Bertz CT molecular complexity index is 1010. The minimum absolute atomic E-state index is 0.0999. The van der Waals surface area contributed by atoms with E-state index < -0.39 is 30.9 Å². The highest BCUT2D eigenvalue weighted by atomic mass is 32.2. The van der Waals surface area contributed by atoms with E-state index in [0.717, 1.165) is 5.56 Å². The standard InChI is InChI=1S/C25H33BN4O5S/c1-16(2)12-22(26-34-15-17(3)36-18(4)25(33)35-26)30-23(31)20(13-19-8-6-5-7-9-19)29-24(32)21-14-27-10-11-28-21/h5-11,14,16-18,20,22H,12-13,15H2,1-4H3,(H,29,32)(H,30,31)/t17-,18-,20+,22+/m1/s1. The fraction of sp³-hybridized carbons (Fsp3) is 0.480. The van der Waals surface area contributed by atoms with Gasteiger partial charge in [0.15, 0.2) is 0 Å². The molecule has 2 heterocycles. The molecule has 192 valence electrons. The third kappa shape index (κ3) is 8.34. The molecule has 11 heteroatoms. The molecule has 3 rings (SSSR count). The van der Waals surface area contributed by atoms with Crippen molar-refractivity contribution in [2.24, 2.45) is 5.92 Å². The first-order valence-electron chi connectivity index (χ1n) is 12.1. The van der Waals surface area contributed by atoms with Crippen LogP contribution < -0.4 is 10.6 Å². The van der Waals surface area contributed by atoms with Gasteiger partial charge in [0.05, 0.1) is 17.4 Å². The summed E-state index contributed by atoms with van der Waals surface area (Å²) in [6, 6.07) is 8.52. The zero-order chi connectivity index (χ0) is 26.1. The van der Waals surface area contributed by atoms with Crippen molar-refractivity contribution in [1.29, 1.82) is 0 Å². The fourth-order valence-corrected chi connectivity index (χ4v) is 4.87. The lowest BCUT2D eigenvalue weighted by molar-refractivity contribution is -0.136. The number of benzene rings is 1. The second-order valence-electron chi connectivity index (χ2n) is 9.28. The number of amides is 2. The Kier molecular flexibility index (Phi) is 10.3. The van der Waals surface area contributed by atoms with Gasteiger partial charge in [-0.2, -0.15) is 0 Å². The average molecular weight is 512 g/mol. The molecule has 4 atom stereocenters. The number of nitrogens with one attached hydrogen (secondary N) is 2. The first-order chi connectivity index (χ1) is 17.2. The molecule has 0 aliphatic carbocycles. The Morgan fingerprint density at radius 3 is 2.58 bits per heavy atom. The summed E-state index contributed by atoms with van der Waals surface area (Å²) in [6.07, 6.45) is 5.02. The van der Waals surface area contributed by atoms with Gasteiger partial charge in [-0.25, -0.2) is 4.98 Å². The molecule has 0 bridgehead atoms. The summed E-state index contributed by atoms with van der Waals surface area (Å²) in [5, 5.41) is 5.54. The maximum absolute atomic E-state index is 13.6. The predicted molar refractivity (Wildman–Crippen MR) is 139 cm³/mol. The highest BCUT2D eigenvalue weighted by Gasteiger charge is 2.40. The number of carbonyl (C=O) groups excluding carboxylic acids is 3. The van der Waals surface area contributed by atoms with Crippen LogP contribution >= 0.6 is 11.8 Å². The van der Waals surface area contributed by atoms with Crippen molar-refractivity contribution in [2.45, 2.75) is 63.0 Å². The van der Waals surface area contributed by atoms with Gasteiger partial charge in [-0.1, -0.05) is 51.1 Å². The van der Waals surface area contributed by atoms with Gasteiger partial charge < -0.3 is 19.9 Å². The third-order valence-corrected chi connectivity index (χ3v) is 6.78. The van der Waals surface area contributed by atoms with E-state index in [1.807, 2.05) is 51.1 Å². The number of hydrogen-bond acceptors (Lipinski definition) is 8. The van der Waals surface area contributed by atoms with E-state index in [-0.39, 0.29) is 34.5 Å². The predicted octanol–water partition coefficient (Wildman–Crippen LogP) is 2.46. The molecule has 2 amide bonds. The lowest BCUT2D eigenvalue weighted by Gasteiger charge is -2.31. The van der Waals surface area contributed by atoms with Crippen molar-refractivity contribution < 1.29 is 23.7 Å². The van der Waals surface area contributed by atoms with E-state index in [0.29, 0.717) is 13.0 Å². The molecular weight excluding hydrogens is 479 g/mol. The molecular formula is C25H33BN4O5S. The van der Waals surface area contributed by atoms with Crippen LogP contribution in [0.3, 0.4) is 0 Å². The highest BCUT2D eigenvalue weighted by molar-refractivity contribution is 8.01. The third-order valence-electron chi connectivity index (χ3n) is 5.58.